The van der Waals surface area contributed by atoms with Gasteiger partial charge in [-0.3, -0.25) is 10.1 Å². The predicted molar refractivity (Wildman–Crippen MR) is 56.2 cm³/mol. The molecular formula is C9H16N4O2. The van der Waals surface area contributed by atoms with E-state index in [1.54, 1.807) is 0 Å². The number of amides is 3. The molecule has 84 valence electrons. The van der Waals surface area contributed by atoms with Crippen LogP contribution in [0.3, 0.4) is 0 Å². The minimum atomic E-state index is -0.493. The molecule has 0 spiro atoms. The van der Waals surface area contributed by atoms with Gasteiger partial charge < -0.3 is 5.73 Å². The maximum absolute atomic E-state index is 11.1. The molecule has 1 aliphatic heterocycles. The smallest absolute Gasteiger partial charge is 0.323 e. The fourth-order valence-electron chi connectivity index (χ4n) is 1.10. The minimum Gasteiger partial charge on any atom is -0.323 e. The van der Waals surface area contributed by atoms with Gasteiger partial charge in [0.05, 0.1) is 0 Å². The number of carbonyl (C=O) groups is 2. The zero-order chi connectivity index (χ0) is 11.4. The van der Waals surface area contributed by atoms with Crippen LogP contribution in [0.15, 0.2) is 5.10 Å². The van der Waals surface area contributed by atoms with Gasteiger partial charge in [0.2, 0.25) is 5.91 Å². The number of urea groups is 1. The van der Waals surface area contributed by atoms with Gasteiger partial charge in [0.1, 0.15) is 6.54 Å². The van der Waals surface area contributed by atoms with Crippen LogP contribution < -0.4 is 11.1 Å². The van der Waals surface area contributed by atoms with Crippen molar-refractivity contribution in [3.05, 3.63) is 0 Å². The average Bonchev–Trinajstić information content (AvgIpc) is 2.52. The highest BCUT2D eigenvalue weighted by Crippen LogP contribution is 2.04. The highest BCUT2D eigenvalue weighted by atomic mass is 16.2. The van der Waals surface area contributed by atoms with Crippen LogP contribution in [-0.4, -0.2) is 35.7 Å². The van der Waals surface area contributed by atoms with Gasteiger partial charge in [0, 0.05) is 12.3 Å². The van der Waals surface area contributed by atoms with Crippen LogP contribution in [0.1, 0.15) is 20.3 Å². The molecule has 0 aromatic carbocycles. The first-order chi connectivity index (χ1) is 7.04. The Balaban J connectivity index is 2.50. The van der Waals surface area contributed by atoms with E-state index in [1.807, 2.05) is 13.8 Å². The number of hydrogen-bond acceptors (Lipinski definition) is 4. The monoisotopic (exact) mass is 212 g/mol. The van der Waals surface area contributed by atoms with Crippen LogP contribution in [0.5, 0.6) is 0 Å². The van der Waals surface area contributed by atoms with Crippen molar-refractivity contribution in [3.63, 3.8) is 0 Å². The topological polar surface area (TPSA) is 87.8 Å². The van der Waals surface area contributed by atoms with Gasteiger partial charge in [0.25, 0.3) is 0 Å². The molecule has 0 bridgehead atoms. The summed E-state index contributed by atoms with van der Waals surface area (Å²) in [6.07, 6.45) is 2.45. The van der Waals surface area contributed by atoms with E-state index >= 15 is 0 Å². The van der Waals surface area contributed by atoms with Crippen molar-refractivity contribution in [2.45, 2.75) is 26.3 Å². The van der Waals surface area contributed by atoms with Crippen LogP contribution in [0.2, 0.25) is 0 Å². The Morgan fingerprint density at radius 2 is 2.33 bits per heavy atom. The molecule has 1 aliphatic rings. The summed E-state index contributed by atoms with van der Waals surface area (Å²) in [7, 11) is 0. The van der Waals surface area contributed by atoms with Gasteiger partial charge in [-0.25, -0.2) is 9.80 Å². The third-order valence-corrected chi connectivity index (χ3v) is 2.45. The van der Waals surface area contributed by atoms with E-state index in [0.29, 0.717) is 5.92 Å². The maximum atomic E-state index is 11.1. The highest BCUT2D eigenvalue weighted by Gasteiger charge is 2.26. The zero-order valence-electron chi connectivity index (χ0n) is 8.93. The molecule has 3 N–H and O–H groups in total. The Bertz CT molecular complexity index is 290. The minimum absolute atomic E-state index is 0.0252. The molecule has 1 rings (SSSR count). The zero-order valence-corrected chi connectivity index (χ0v) is 8.93. The quantitative estimate of drug-likeness (QED) is 0.503. The fraction of sp³-hybridized carbons (Fsp3) is 0.667. The summed E-state index contributed by atoms with van der Waals surface area (Å²) in [5, 5.41) is 7.08. The van der Waals surface area contributed by atoms with Crippen molar-refractivity contribution >= 4 is 18.2 Å². The largest absolute Gasteiger partial charge is 0.344 e. The predicted octanol–water partition coefficient (Wildman–Crippen LogP) is -0.103. The van der Waals surface area contributed by atoms with Crippen molar-refractivity contribution in [3.8, 4) is 0 Å². The summed E-state index contributed by atoms with van der Waals surface area (Å²) in [4.78, 5) is 21.9. The lowest BCUT2D eigenvalue weighted by Gasteiger charge is -2.14. The molecule has 0 unspecified atom stereocenters. The van der Waals surface area contributed by atoms with Crippen LogP contribution in [0.25, 0.3) is 0 Å². The molecule has 1 heterocycles. The molecule has 2 atom stereocenters. The molecule has 15 heavy (non-hydrogen) atoms. The molecule has 0 aromatic heterocycles. The normalized spacial score (nSPS) is 20.9. The Hall–Kier alpha value is -1.43. The molecule has 0 aromatic rings. The summed E-state index contributed by atoms with van der Waals surface area (Å²) in [6.45, 7) is 4.01. The lowest BCUT2D eigenvalue weighted by atomic mass is 10.0. The van der Waals surface area contributed by atoms with Crippen LogP contribution in [0.4, 0.5) is 4.79 Å². The third-order valence-electron chi connectivity index (χ3n) is 2.45. The van der Waals surface area contributed by atoms with Crippen molar-refractivity contribution in [2.75, 3.05) is 6.54 Å². The summed E-state index contributed by atoms with van der Waals surface area (Å²) in [6, 6.07) is -0.689. The fourth-order valence-corrected chi connectivity index (χ4v) is 1.10. The number of nitrogens with zero attached hydrogens (tertiary/aromatic N) is 2. The summed E-state index contributed by atoms with van der Waals surface area (Å²) in [5.41, 5.74) is 5.79. The number of nitrogens with one attached hydrogen (secondary N) is 1. The second-order valence-corrected chi connectivity index (χ2v) is 3.64. The van der Waals surface area contributed by atoms with Crippen LogP contribution >= 0.6 is 0 Å². The lowest BCUT2D eigenvalue weighted by Crippen LogP contribution is -2.31. The first-order valence-corrected chi connectivity index (χ1v) is 4.95. The standard InChI is InChI=1S/C9H16N4O2/c1-3-6(2)7(10)4-11-13-5-8(14)12-9(13)15/h4,6-7H,3,5,10H2,1-2H3,(H,12,14,15)/b11-4+/t6-,7+/m0/s1. The second kappa shape index (κ2) is 4.88. The molecule has 0 aliphatic carbocycles. The Morgan fingerprint density at radius 3 is 2.80 bits per heavy atom. The van der Waals surface area contributed by atoms with Crippen molar-refractivity contribution in [1.29, 1.82) is 0 Å². The van der Waals surface area contributed by atoms with Crippen LogP contribution in [-0.2, 0) is 4.79 Å². The van der Waals surface area contributed by atoms with Crippen LogP contribution in [0, 0.1) is 5.92 Å². The molecule has 1 fully saturated rings. The number of nitrogens with two attached hydrogens (primary N) is 1. The van der Waals surface area contributed by atoms with Gasteiger partial charge in [-0.05, 0) is 5.92 Å². The summed E-state index contributed by atoms with van der Waals surface area (Å²) < 4.78 is 0. The molecule has 0 saturated carbocycles. The number of hydrazone groups is 1. The molecule has 6 nitrogen and oxygen atoms in total. The summed E-state index contributed by atoms with van der Waals surface area (Å²) in [5.74, 6) is -0.0376. The number of carbonyl (C=O) groups excluding carboxylic acids is 2. The molecule has 3 amide bonds. The second-order valence-electron chi connectivity index (χ2n) is 3.64. The Morgan fingerprint density at radius 1 is 1.67 bits per heavy atom. The van der Waals surface area contributed by atoms with E-state index in [1.165, 1.54) is 6.21 Å². The van der Waals surface area contributed by atoms with Gasteiger partial charge in [0.15, 0.2) is 0 Å². The molecule has 1 saturated heterocycles. The maximum Gasteiger partial charge on any atom is 0.344 e. The van der Waals surface area contributed by atoms with Crippen molar-refractivity contribution < 1.29 is 9.59 Å². The van der Waals surface area contributed by atoms with E-state index < -0.39 is 6.03 Å². The van der Waals surface area contributed by atoms with Gasteiger partial charge in [-0.2, -0.15) is 5.10 Å². The van der Waals surface area contributed by atoms with E-state index in [9.17, 15) is 9.59 Å². The van der Waals surface area contributed by atoms with Gasteiger partial charge in [-0.1, -0.05) is 20.3 Å². The SMILES string of the molecule is CC[C@H](C)[C@H](N)/C=N/N1CC(=O)NC1=O. The van der Waals surface area contributed by atoms with E-state index in [0.717, 1.165) is 11.4 Å². The molecule has 6 heteroatoms. The third kappa shape index (κ3) is 3.02. The Kier molecular flexibility index (Phi) is 3.79. The Labute approximate surface area is 88.5 Å². The first kappa shape index (κ1) is 11.6. The van der Waals surface area contributed by atoms with E-state index in [-0.39, 0.29) is 18.5 Å². The first-order valence-electron chi connectivity index (χ1n) is 4.95. The van der Waals surface area contributed by atoms with E-state index in [4.69, 9.17) is 5.73 Å². The van der Waals surface area contributed by atoms with E-state index in [2.05, 4.69) is 10.4 Å². The number of hydrogen-bond donors (Lipinski definition) is 2. The lowest BCUT2D eigenvalue weighted by molar-refractivity contribution is -0.118. The highest BCUT2D eigenvalue weighted by molar-refractivity contribution is 6.01. The van der Waals surface area contributed by atoms with Gasteiger partial charge >= 0.3 is 6.03 Å². The van der Waals surface area contributed by atoms with Gasteiger partial charge in [-0.15, -0.1) is 0 Å². The number of imide groups is 1. The molecule has 0 radical (unpaired) electrons. The molecular weight excluding hydrogens is 196 g/mol. The van der Waals surface area contributed by atoms with Crippen molar-refractivity contribution in [2.24, 2.45) is 16.8 Å². The summed E-state index contributed by atoms with van der Waals surface area (Å²) >= 11 is 0. The average molecular weight is 212 g/mol. The number of rotatable bonds is 4. The van der Waals surface area contributed by atoms with Crippen molar-refractivity contribution in [1.82, 2.24) is 10.3 Å².